The number of fused-ring (bicyclic) bond motifs is 1. The molecule has 4 aliphatic rings. The molecule has 1 aliphatic carbocycles. The highest BCUT2D eigenvalue weighted by Crippen LogP contribution is 2.35. The zero-order chi connectivity index (χ0) is 27.0. The largest absolute Gasteiger partial charge is 0.394 e. The third-order valence-electron chi connectivity index (χ3n) is 7.85. The molecule has 13 N–H and O–H groups in total. The van der Waals surface area contributed by atoms with Crippen molar-refractivity contribution in [2.75, 3.05) is 20.7 Å². The van der Waals surface area contributed by atoms with E-state index >= 15 is 0 Å². The lowest BCUT2D eigenvalue weighted by Gasteiger charge is -2.51. The summed E-state index contributed by atoms with van der Waals surface area (Å²) in [5.41, 5.74) is 18.4. The Bertz CT molecular complexity index is 728. The third kappa shape index (κ3) is 5.96. The summed E-state index contributed by atoms with van der Waals surface area (Å²) in [6.07, 6.45) is -10.2. The van der Waals surface area contributed by atoms with Crippen LogP contribution in [0.5, 0.6) is 0 Å². The lowest BCUT2D eigenvalue weighted by Crippen LogP contribution is -2.70. The van der Waals surface area contributed by atoms with E-state index in [1.54, 1.807) is 14.1 Å². The van der Waals surface area contributed by atoms with Crippen LogP contribution in [0.2, 0.25) is 0 Å². The van der Waals surface area contributed by atoms with Gasteiger partial charge in [-0.05, 0) is 33.4 Å². The summed E-state index contributed by atoms with van der Waals surface area (Å²) in [5, 5.41) is 58.1. The van der Waals surface area contributed by atoms with Gasteiger partial charge in [-0.2, -0.15) is 0 Å². The second-order valence-corrected chi connectivity index (χ2v) is 10.4. The van der Waals surface area contributed by atoms with Gasteiger partial charge in [0.1, 0.15) is 36.6 Å². The summed E-state index contributed by atoms with van der Waals surface area (Å²) < 4.78 is 29.7. The van der Waals surface area contributed by atoms with E-state index in [1.165, 1.54) is 0 Å². The number of ether oxygens (including phenoxy) is 5. The summed E-state index contributed by atoms with van der Waals surface area (Å²) >= 11 is 0. The SMILES string of the molecule is CNC1C(O[C@H]2OC(CO)[C@@H](NC)C(O)C2O)O[C@H]2CC(N)[C@@H](O[C@@H]3C(N)C[C@@H](N)C[C@H]3O)OC2C1O. The average molecular weight is 538 g/mol. The maximum Gasteiger partial charge on any atom is 0.189 e. The molecule has 0 aromatic carbocycles. The molecule has 37 heavy (non-hydrogen) atoms. The number of rotatable bonds is 7. The Balaban J connectivity index is 1.43. The Morgan fingerprint density at radius 2 is 1.46 bits per heavy atom. The molecule has 4 fully saturated rings. The van der Waals surface area contributed by atoms with Crippen molar-refractivity contribution >= 4 is 0 Å². The van der Waals surface area contributed by atoms with Crippen molar-refractivity contribution in [3.63, 3.8) is 0 Å². The number of nitrogens with two attached hydrogens (primary N) is 3. The van der Waals surface area contributed by atoms with Gasteiger partial charge in [0.2, 0.25) is 0 Å². The van der Waals surface area contributed by atoms with Gasteiger partial charge in [-0.15, -0.1) is 0 Å². The van der Waals surface area contributed by atoms with Crippen LogP contribution >= 0.6 is 0 Å². The zero-order valence-corrected chi connectivity index (χ0v) is 21.1. The molecule has 9 unspecified atom stereocenters. The molecule has 0 aromatic rings. The number of aliphatic hydroxyl groups excluding tert-OH is 5. The van der Waals surface area contributed by atoms with Crippen LogP contribution in [0, 0.1) is 0 Å². The van der Waals surface area contributed by atoms with E-state index in [0.29, 0.717) is 12.8 Å². The molecular formula is C22H43N5O10. The van der Waals surface area contributed by atoms with Crippen molar-refractivity contribution in [1.29, 1.82) is 0 Å². The Hall–Kier alpha value is -0.600. The average Bonchev–Trinajstić information content (AvgIpc) is 2.84. The van der Waals surface area contributed by atoms with Gasteiger partial charge < -0.3 is 77.1 Å². The van der Waals surface area contributed by atoms with E-state index in [-0.39, 0.29) is 12.5 Å². The van der Waals surface area contributed by atoms with Gasteiger partial charge in [-0.1, -0.05) is 0 Å². The van der Waals surface area contributed by atoms with Crippen LogP contribution in [-0.2, 0) is 23.7 Å². The fourth-order valence-corrected chi connectivity index (χ4v) is 5.81. The van der Waals surface area contributed by atoms with Crippen LogP contribution in [0.1, 0.15) is 19.3 Å². The van der Waals surface area contributed by atoms with Crippen LogP contribution < -0.4 is 27.8 Å². The van der Waals surface area contributed by atoms with E-state index in [9.17, 15) is 25.5 Å². The monoisotopic (exact) mass is 537 g/mol. The second-order valence-electron chi connectivity index (χ2n) is 10.4. The van der Waals surface area contributed by atoms with Gasteiger partial charge in [-0.25, -0.2) is 0 Å². The minimum absolute atomic E-state index is 0.221. The first kappa shape index (κ1) is 29.4. The van der Waals surface area contributed by atoms with Gasteiger partial charge in [-0.3, -0.25) is 0 Å². The molecule has 0 bridgehead atoms. The van der Waals surface area contributed by atoms with Gasteiger partial charge in [0.05, 0.1) is 36.9 Å². The fraction of sp³-hybridized carbons (Fsp3) is 1.00. The van der Waals surface area contributed by atoms with E-state index < -0.39 is 98.5 Å². The Labute approximate surface area is 215 Å². The van der Waals surface area contributed by atoms with Crippen molar-refractivity contribution in [3.8, 4) is 0 Å². The summed E-state index contributed by atoms with van der Waals surface area (Å²) in [6, 6.07) is -2.91. The molecule has 3 aliphatic heterocycles. The maximum atomic E-state index is 11.2. The van der Waals surface area contributed by atoms with Crippen molar-refractivity contribution in [3.05, 3.63) is 0 Å². The first-order chi connectivity index (χ1) is 17.6. The van der Waals surface area contributed by atoms with Crippen LogP contribution in [0.15, 0.2) is 0 Å². The van der Waals surface area contributed by atoms with Crippen LogP contribution in [-0.4, -0.2) is 144 Å². The lowest BCUT2D eigenvalue weighted by molar-refractivity contribution is -0.373. The smallest absolute Gasteiger partial charge is 0.189 e. The van der Waals surface area contributed by atoms with Crippen LogP contribution in [0.4, 0.5) is 0 Å². The topological polar surface area (TPSA) is 249 Å². The molecule has 15 heteroatoms. The van der Waals surface area contributed by atoms with Crippen LogP contribution in [0.3, 0.4) is 0 Å². The predicted molar refractivity (Wildman–Crippen MR) is 127 cm³/mol. The summed E-state index contributed by atoms with van der Waals surface area (Å²) in [5.74, 6) is 0. The lowest BCUT2D eigenvalue weighted by atomic mass is 9.86. The molecule has 3 saturated heterocycles. The number of likely N-dealkylation sites (N-methyl/N-ethyl adjacent to an activating group) is 2. The molecule has 216 valence electrons. The highest BCUT2D eigenvalue weighted by molar-refractivity contribution is 5.00. The van der Waals surface area contributed by atoms with E-state index in [2.05, 4.69) is 10.6 Å². The Morgan fingerprint density at radius 1 is 0.757 bits per heavy atom. The van der Waals surface area contributed by atoms with Crippen molar-refractivity contribution in [2.45, 2.75) is 117 Å². The van der Waals surface area contributed by atoms with Gasteiger partial charge >= 0.3 is 0 Å². The number of hydrogen-bond donors (Lipinski definition) is 10. The van der Waals surface area contributed by atoms with Gasteiger partial charge in [0, 0.05) is 12.1 Å². The maximum absolute atomic E-state index is 11.2. The first-order valence-electron chi connectivity index (χ1n) is 12.8. The highest BCUT2D eigenvalue weighted by atomic mass is 16.8. The summed E-state index contributed by atoms with van der Waals surface area (Å²) in [4.78, 5) is 0. The molecule has 3 heterocycles. The molecule has 4 rings (SSSR count). The number of aliphatic hydroxyl groups is 5. The fourth-order valence-electron chi connectivity index (χ4n) is 5.81. The molecule has 0 spiro atoms. The molecule has 0 radical (unpaired) electrons. The molecule has 15 nitrogen and oxygen atoms in total. The zero-order valence-electron chi connectivity index (χ0n) is 21.1. The van der Waals surface area contributed by atoms with Gasteiger partial charge in [0.25, 0.3) is 0 Å². The summed E-state index contributed by atoms with van der Waals surface area (Å²) in [6.45, 7) is -0.418. The quantitative estimate of drug-likeness (QED) is 0.145. The summed E-state index contributed by atoms with van der Waals surface area (Å²) in [7, 11) is 3.17. The minimum Gasteiger partial charge on any atom is -0.394 e. The van der Waals surface area contributed by atoms with Crippen LogP contribution in [0.25, 0.3) is 0 Å². The second kappa shape index (κ2) is 12.3. The van der Waals surface area contributed by atoms with E-state index in [0.717, 1.165) is 0 Å². The van der Waals surface area contributed by atoms with Crippen molar-refractivity contribution in [2.24, 2.45) is 17.2 Å². The molecular weight excluding hydrogens is 494 g/mol. The minimum atomic E-state index is -1.45. The highest BCUT2D eigenvalue weighted by Gasteiger charge is 2.54. The molecule has 0 amide bonds. The van der Waals surface area contributed by atoms with Crippen molar-refractivity contribution in [1.82, 2.24) is 10.6 Å². The molecule has 16 atom stereocenters. The molecule has 1 saturated carbocycles. The standard InChI is InChI=1S/C22H43N5O10/c1-26-13-12(6-28)34-22(17(32)15(13)30)37-21-14(27-2)16(31)19-11(33-21)5-9(25)20(36-19)35-18-8(24)3-7(23)4-10(18)29/h7-22,26-32H,3-6,23-25H2,1-2H3/t7-,8?,9?,10-,11+,12?,13-,14?,15?,16?,17?,18-,19?,20+,21?,22-/m1/s1. The third-order valence-corrected chi connectivity index (χ3v) is 7.85. The van der Waals surface area contributed by atoms with E-state index in [1.807, 2.05) is 0 Å². The normalized spacial score (nSPS) is 53.0. The molecule has 0 aromatic heterocycles. The first-order valence-corrected chi connectivity index (χ1v) is 12.8. The van der Waals surface area contributed by atoms with E-state index in [4.69, 9.17) is 40.9 Å². The Morgan fingerprint density at radius 3 is 2.08 bits per heavy atom. The van der Waals surface area contributed by atoms with Gasteiger partial charge in [0.15, 0.2) is 18.9 Å². The Kier molecular flexibility index (Phi) is 9.75. The number of hydrogen-bond acceptors (Lipinski definition) is 15. The predicted octanol–water partition coefficient (Wildman–Crippen LogP) is -5.66. The number of nitrogens with one attached hydrogen (secondary N) is 2. The van der Waals surface area contributed by atoms with Crippen molar-refractivity contribution < 1.29 is 49.2 Å².